The quantitative estimate of drug-likeness (QED) is 0.431. The summed E-state index contributed by atoms with van der Waals surface area (Å²) < 4.78 is 0. The molecule has 1 N–H and O–H groups in total. The first-order valence-electron chi connectivity index (χ1n) is 6.94. The van der Waals surface area contributed by atoms with Crippen LogP contribution in [0.5, 0.6) is 5.75 Å². The molecule has 23 heavy (non-hydrogen) atoms. The maximum absolute atomic E-state index is 10.00. The van der Waals surface area contributed by atoms with Crippen LogP contribution in [0.1, 0.15) is 11.1 Å². The van der Waals surface area contributed by atoms with Crippen LogP contribution in [-0.4, -0.2) is 11.3 Å². The van der Waals surface area contributed by atoms with Gasteiger partial charge in [0, 0.05) is 17.2 Å². The first-order chi connectivity index (χ1) is 11.2. The molecule has 0 aliphatic rings. The number of halogens is 2. The standard InChI is InChI=1S/C18H15NO.2ClH.Ti/c1-13-6-4-9-15(18(13)20)12-19-17-11-5-8-14-7-2-3-10-16(14)17;;;/h2-12,20H,1H3;2*1H;/q;;;+2/p-2. The van der Waals surface area contributed by atoms with E-state index in [2.05, 4.69) is 23.2 Å². The van der Waals surface area contributed by atoms with Crippen LogP contribution in [0, 0.1) is 6.92 Å². The van der Waals surface area contributed by atoms with Crippen LogP contribution in [0.3, 0.4) is 0 Å². The van der Waals surface area contributed by atoms with Crippen molar-refractivity contribution in [1.29, 1.82) is 0 Å². The molecule has 0 spiro atoms. The third kappa shape index (κ3) is 4.83. The summed E-state index contributed by atoms with van der Waals surface area (Å²) in [4.78, 5) is 4.52. The van der Waals surface area contributed by atoms with Gasteiger partial charge in [-0.15, -0.1) is 0 Å². The fraction of sp³-hybridized carbons (Fsp3) is 0.0556. The van der Waals surface area contributed by atoms with E-state index in [4.69, 9.17) is 18.6 Å². The van der Waals surface area contributed by atoms with Gasteiger partial charge in [-0.25, -0.2) is 0 Å². The molecule has 0 fully saturated rings. The Kier molecular flexibility index (Phi) is 7.13. The average molecular weight is 380 g/mol. The van der Waals surface area contributed by atoms with E-state index in [0.29, 0.717) is 0 Å². The molecule has 2 nitrogen and oxygen atoms in total. The molecule has 0 bridgehead atoms. The van der Waals surface area contributed by atoms with E-state index in [1.807, 2.05) is 49.4 Å². The van der Waals surface area contributed by atoms with Crippen molar-refractivity contribution in [2.75, 3.05) is 0 Å². The van der Waals surface area contributed by atoms with Crippen molar-refractivity contribution in [3.8, 4) is 5.75 Å². The van der Waals surface area contributed by atoms with E-state index in [-0.39, 0.29) is 5.75 Å². The van der Waals surface area contributed by atoms with Crippen molar-refractivity contribution < 1.29 is 22.1 Å². The number of para-hydroxylation sites is 1. The number of hydrogen-bond donors (Lipinski definition) is 1. The minimum atomic E-state index is -0.556. The molecule has 3 aromatic rings. The van der Waals surface area contributed by atoms with Gasteiger partial charge in [0.1, 0.15) is 5.75 Å². The number of hydrogen-bond acceptors (Lipinski definition) is 2. The summed E-state index contributed by atoms with van der Waals surface area (Å²) in [6.45, 7) is 1.88. The summed E-state index contributed by atoms with van der Waals surface area (Å²) in [5, 5.41) is 12.3. The number of rotatable bonds is 2. The zero-order valence-electron chi connectivity index (χ0n) is 12.5. The predicted molar refractivity (Wildman–Crippen MR) is 95.8 cm³/mol. The Morgan fingerprint density at radius 2 is 1.61 bits per heavy atom. The molecule has 3 aromatic carbocycles. The molecule has 0 saturated carbocycles. The zero-order chi connectivity index (χ0) is 16.7. The Morgan fingerprint density at radius 1 is 0.957 bits per heavy atom. The molecule has 0 saturated heterocycles. The molecule has 0 amide bonds. The van der Waals surface area contributed by atoms with Gasteiger partial charge in [-0.1, -0.05) is 48.5 Å². The molecule has 0 unspecified atom stereocenters. The van der Waals surface area contributed by atoms with Crippen LogP contribution in [-0.2, 0) is 17.0 Å². The number of fused-ring (bicyclic) bond motifs is 1. The van der Waals surface area contributed by atoms with Gasteiger partial charge in [0.2, 0.25) is 0 Å². The van der Waals surface area contributed by atoms with Crippen molar-refractivity contribution in [2.45, 2.75) is 6.92 Å². The molecule has 0 heterocycles. The number of aryl methyl sites for hydroxylation is 1. The topological polar surface area (TPSA) is 32.6 Å². The second kappa shape index (κ2) is 9.10. The third-order valence-corrected chi connectivity index (χ3v) is 3.38. The Bertz CT molecular complexity index is 816. The number of aliphatic imine (C=N–C) groups is 1. The predicted octanol–water partition coefficient (Wildman–Crippen LogP) is 5.98. The number of phenolic OH excluding ortho intramolecular Hbond substituents is 1. The maximum atomic E-state index is 10.00. The number of phenols is 1. The molecular formula is C18H15Cl2NOTi. The van der Waals surface area contributed by atoms with Crippen LogP contribution in [0.2, 0.25) is 0 Å². The Balaban J connectivity index is 0.000000595. The van der Waals surface area contributed by atoms with Gasteiger partial charge in [-0.2, -0.15) is 0 Å². The third-order valence-electron chi connectivity index (χ3n) is 3.38. The summed E-state index contributed by atoms with van der Waals surface area (Å²) in [6.07, 6.45) is 1.71. The van der Waals surface area contributed by atoms with E-state index in [1.54, 1.807) is 6.21 Å². The average Bonchev–Trinajstić information content (AvgIpc) is 2.57. The van der Waals surface area contributed by atoms with E-state index >= 15 is 0 Å². The molecule has 3 rings (SSSR count). The van der Waals surface area contributed by atoms with Gasteiger partial charge in [-0.05, 0) is 30.0 Å². The molecule has 0 radical (unpaired) electrons. The summed E-state index contributed by atoms with van der Waals surface area (Å²) in [7, 11) is 9.78. The Morgan fingerprint density at radius 3 is 2.39 bits per heavy atom. The Labute approximate surface area is 152 Å². The van der Waals surface area contributed by atoms with Crippen molar-refractivity contribution >= 4 is 41.3 Å². The van der Waals surface area contributed by atoms with Gasteiger partial charge in [0.05, 0.1) is 5.69 Å². The zero-order valence-corrected chi connectivity index (χ0v) is 15.6. The van der Waals surface area contributed by atoms with Crippen LogP contribution in [0.4, 0.5) is 5.69 Å². The summed E-state index contributed by atoms with van der Waals surface area (Å²) in [5.74, 6) is 0.288. The van der Waals surface area contributed by atoms with Crippen molar-refractivity contribution in [2.24, 2.45) is 4.99 Å². The number of aromatic hydroxyl groups is 1. The van der Waals surface area contributed by atoms with Gasteiger partial charge in [0.15, 0.2) is 0 Å². The monoisotopic (exact) mass is 379 g/mol. The van der Waals surface area contributed by atoms with Gasteiger partial charge in [0.25, 0.3) is 0 Å². The van der Waals surface area contributed by atoms with Crippen molar-refractivity contribution in [3.63, 3.8) is 0 Å². The van der Waals surface area contributed by atoms with Gasteiger partial charge < -0.3 is 5.11 Å². The molecule has 0 aromatic heterocycles. The summed E-state index contributed by atoms with van der Waals surface area (Å²) >= 11 is -0.556. The fourth-order valence-electron chi connectivity index (χ4n) is 2.25. The summed E-state index contributed by atoms with van der Waals surface area (Å²) in [6, 6.07) is 19.8. The van der Waals surface area contributed by atoms with Crippen molar-refractivity contribution in [3.05, 3.63) is 71.8 Å². The molecular weight excluding hydrogens is 365 g/mol. The second-order valence-electron chi connectivity index (χ2n) is 4.84. The van der Waals surface area contributed by atoms with Crippen LogP contribution < -0.4 is 0 Å². The summed E-state index contributed by atoms with van der Waals surface area (Å²) in [5.41, 5.74) is 2.49. The SMILES string of the molecule is Cc1cccc(C=Nc2cccc3ccccc23)c1O.[Cl][Ti][Cl]. The van der Waals surface area contributed by atoms with E-state index in [1.165, 1.54) is 0 Å². The molecule has 5 heteroatoms. The molecule has 0 atom stereocenters. The minimum absolute atomic E-state index is 0.288. The molecule has 0 aliphatic carbocycles. The fourth-order valence-corrected chi connectivity index (χ4v) is 2.25. The van der Waals surface area contributed by atoms with E-state index in [9.17, 15) is 5.11 Å². The first kappa shape index (κ1) is 18.0. The van der Waals surface area contributed by atoms with E-state index < -0.39 is 17.0 Å². The molecule has 0 aliphatic heterocycles. The van der Waals surface area contributed by atoms with Gasteiger partial charge in [-0.3, -0.25) is 4.99 Å². The van der Waals surface area contributed by atoms with Gasteiger partial charge >= 0.3 is 35.6 Å². The second-order valence-corrected chi connectivity index (χ2v) is 7.42. The normalized spacial score (nSPS) is 10.4. The first-order valence-corrected chi connectivity index (χ1v) is 11.2. The van der Waals surface area contributed by atoms with Crippen LogP contribution in [0.15, 0.2) is 65.7 Å². The van der Waals surface area contributed by atoms with Crippen molar-refractivity contribution in [1.82, 2.24) is 0 Å². The number of nitrogens with zero attached hydrogens (tertiary/aromatic N) is 1. The van der Waals surface area contributed by atoms with Crippen LogP contribution >= 0.6 is 18.6 Å². The number of benzene rings is 3. The molecule has 116 valence electrons. The Hall–Kier alpha value is -1.32. The van der Waals surface area contributed by atoms with E-state index in [0.717, 1.165) is 27.6 Å². The van der Waals surface area contributed by atoms with Crippen LogP contribution in [0.25, 0.3) is 10.8 Å².